The predicted octanol–water partition coefficient (Wildman–Crippen LogP) is 3.70. The van der Waals surface area contributed by atoms with Crippen molar-refractivity contribution in [3.63, 3.8) is 0 Å². The number of nitrogens with zero attached hydrogens (tertiary/aromatic N) is 4. The van der Waals surface area contributed by atoms with E-state index in [2.05, 4.69) is 0 Å². The highest BCUT2D eigenvalue weighted by Crippen LogP contribution is 2.58. The van der Waals surface area contributed by atoms with Crippen LogP contribution in [0.3, 0.4) is 0 Å². The average Bonchev–Trinajstić information content (AvgIpc) is 2.90. The smallest absolute Gasteiger partial charge is 0.332 e. The standard InChI is InChI=1S/C19H34N4O6S12/c1-20(2)15(30)38-34-11(26)19(12(27)35-39-16(31)21(3)4,13(28)36-40-17(32)22(5)6)14(29-10(25)9-24)37-41-18(33)23(7)8/h11-14,24,26-28H,9H2,1-8H3. The highest BCUT2D eigenvalue weighted by Gasteiger charge is 2.60. The fourth-order valence-corrected chi connectivity index (χ4v) is 13.5. The van der Waals surface area contributed by atoms with Crippen molar-refractivity contribution in [2.75, 3.05) is 63.0 Å². The van der Waals surface area contributed by atoms with Gasteiger partial charge in [0.25, 0.3) is 0 Å². The number of aliphatic hydroxyl groups is 4. The van der Waals surface area contributed by atoms with E-state index >= 15 is 0 Å². The van der Waals surface area contributed by atoms with Crippen LogP contribution in [0.15, 0.2) is 0 Å². The molecule has 0 spiro atoms. The van der Waals surface area contributed by atoms with Gasteiger partial charge < -0.3 is 44.8 Å². The van der Waals surface area contributed by atoms with Gasteiger partial charge in [0, 0.05) is 56.4 Å². The van der Waals surface area contributed by atoms with E-state index in [0.717, 1.165) is 86.4 Å². The van der Waals surface area contributed by atoms with E-state index in [1.54, 1.807) is 76.0 Å². The van der Waals surface area contributed by atoms with Crippen LogP contribution < -0.4 is 0 Å². The third kappa shape index (κ3) is 14.3. The molecule has 4 atom stereocenters. The highest BCUT2D eigenvalue weighted by atomic mass is 33.1. The summed E-state index contributed by atoms with van der Waals surface area (Å²) in [4.78, 5) is 19.1. The molecule has 4 N–H and O–H groups in total. The first-order valence-electron chi connectivity index (χ1n) is 11.0. The second-order valence-electron chi connectivity index (χ2n) is 8.40. The summed E-state index contributed by atoms with van der Waals surface area (Å²) in [6, 6.07) is 0. The van der Waals surface area contributed by atoms with Crippen LogP contribution in [0.4, 0.5) is 0 Å². The van der Waals surface area contributed by atoms with Crippen LogP contribution in [0, 0.1) is 5.41 Å². The second-order valence-corrected chi connectivity index (χ2v) is 20.0. The van der Waals surface area contributed by atoms with Crippen LogP contribution in [-0.2, 0) is 9.53 Å². The second kappa shape index (κ2) is 21.5. The zero-order chi connectivity index (χ0) is 32.1. The predicted molar refractivity (Wildman–Crippen MR) is 203 cm³/mol. The average molecular weight is 799 g/mol. The molecule has 0 amide bonds. The number of ether oxygens (including phenoxy) is 1. The third-order valence-corrected chi connectivity index (χ3v) is 18.2. The molecular formula is C19H34N4O6S12. The molecule has 0 aromatic rings. The molecule has 0 aromatic carbocycles. The quantitative estimate of drug-likeness (QED) is 0.0885. The van der Waals surface area contributed by atoms with Crippen molar-refractivity contribution in [2.24, 2.45) is 5.41 Å². The van der Waals surface area contributed by atoms with Crippen molar-refractivity contribution in [1.82, 2.24) is 19.6 Å². The largest absolute Gasteiger partial charge is 0.448 e. The molecular weight excluding hydrogens is 765 g/mol. The normalized spacial score (nSPS) is 15.5. The Balaban J connectivity index is 7.02. The summed E-state index contributed by atoms with van der Waals surface area (Å²) in [5.41, 5.74) is -8.21. The molecule has 22 heteroatoms. The molecule has 0 aromatic heterocycles. The van der Waals surface area contributed by atoms with Gasteiger partial charge in [0.15, 0.2) is 5.44 Å². The summed E-state index contributed by atoms with van der Waals surface area (Å²) in [5.74, 6) is -1.03. The summed E-state index contributed by atoms with van der Waals surface area (Å²) in [6.45, 7) is -0.968. The maximum atomic E-state index is 12.5. The van der Waals surface area contributed by atoms with E-state index in [9.17, 15) is 25.2 Å². The van der Waals surface area contributed by atoms with Gasteiger partial charge in [-0.1, -0.05) is 81.3 Å². The van der Waals surface area contributed by atoms with Crippen molar-refractivity contribution in [3.8, 4) is 0 Å². The van der Waals surface area contributed by atoms with Crippen LogP contribution in [0.25, 0.3) is 0 Å². The van der Waals surface area contributed by atoms with E-state index in [4.69, 9.17) is 53.6 Å². The Hall–Kier alpha value is 1.67. The molecule has 0 radical (unpaired) electrons. The van der Waals surface area contributed by atoms with Crippen molar-refractivity contribution < 1.29 is 30.0 Å². The molecule has 0 bridgehead atoms. The lowest BCUT2D eigenvalue weighted by molar-refractivity contribution is -0.162. The zero-order valence-electron chi connectivity index (χ0n) is 23.3. The van der Waals surface area contributed by atoms with E-state index in [1.165, 1.54) is 0 Å². The number of carbonyl (C=O) groups is 1. The van der Waals surface area contributed by atoms with E-state index in [-0.39, 0.29) is 0 Å². The van der Waals surface area contributed by atoms with Crippen LogP contribution in [-0.4, -0.2) is 148 Å². The number of esters is 1. The minimum absolute atomic E-state index is 0.398. The molecule has 0 saturated heterocycles. The number of thiocarbonyl (C=S) groups is 4. The number of carbonyl (C=O) groups excluding carboxylic acids is 1. The van der Waals surface area contributed by atoms with Crippen LogP contribution in [0.1, 0.15) is 0 Å². The first-order valence-corrected chi connectivity index (χ1v) is 21.4. The molecule has 0 aliphatic rings. The summed E-state index contributed by atoms with van der Waals surface area (Å²) in [6.07, 6.45) is 0. The van der Waals surface area contributed by atoms with Gasteiger partial charge in [0.05, 0.1) is 0 Å². The molecule has 10 nitrogen and oxygen atoms in total. The maximum Gasteiger partial charge on any atom is 0.332 e. The fourth-order valence-electron chi connectivity index (χ4n) is 1.97. The zero-order valence-corrected chi connectivity index (χ0v) is 33.1. The highest BCUT2D eigenvalue weighted by molar-refractivity contribution is 8.85. The summed E-state index contributed by atoms with van der Waals surface area (Å²) >= 11 is 21.5. The van der Waals surface area contributed by atoms with Crippen LogP contribution >= 0.6 is 135 Å². The number of hydrogen-bond donors (Lipinski definition) is 4. The number of aliphatic hydroxyl groups excluding tert-OH is 4. The Morgan fingerprint density at radius 2 is 0.902 bits per heavy atom. The molecule has 238 valence electrons. The maximum absolute atomic E-state index is 12.5. The van der Waals surface area contributed by atoms with Crippen molar-refractivity contribution in [1.29, 1.82) is 0 Å². The van der Waals surface area contributed by atoms with Gasteiger partial charge in [-0.25, -0.2) is 4.79 Å². The van der Waals surface area contributed by atoms with E-state index in [1.807, 2.05) is 0 Å². The lowest BCUT2D eigenvalue weighted by Gasteiger charge is -2.46. The summed E-state index contributed by atoms with van der Waals surface area (Å²) in [7, 11) is 21.6. The SMILES string of the molecule is CN(C)C(=S)SSC(O)C(C(O)SSC(=S)N(C)C)(C(O)SSC(=S)N(C)C)C(OC(=O)CO)SSC(=S)N(C)C. The van der Waals surface area contributed by atoms with Gasteiger partial charge in [0.2, 0.25) is 0 Å². The number of rotatable bonds is 14. The van der Waals surface area contributed by atoms with Gasteiger partial charge in [-0.2, -0.15) is 0 Å². The topological polar surface area (TPSA) is 120 Å². The Morgan fingerprint density at radius 1 is 0.634 bits per heavy atom. The van der Waals surface area contributed by atoms with E-state index in [0.29, 0.717) is 17.3 Å². The van der Waals surface area contributed by atoms with Crippen molar-refractivity contribution in [2.45, 2.75) is 21.7 Å². The van der Waals surface area contributed by atoms with Gasteiger partial charge in [-0.15, -0.1) is 0 Å². The monoisotopic (exact) mass is 798 g/mol. The molecule has 0 aliphatic carbocycles. The van der Waals surface area contributed by atoms with Gasteiger partial charge in [-0.3, -0.25) is 0 Å². The fraction of sp³-hybridized carbons (Fsp3) is 0.737. The van der Waals surface area contributed by atoms with Crippen molar-refractivity contribution in [3.05, 3.63) is 0 Å². The Kier molecular flexibility index (Phi) is 22.3. The molecule has 0 fully saturated rings. The van der Waals surface area contributed by atoms with Gasteiger partial charge in [0.1, 0.15) is 45.6 Å². The molecule has 0 heterocycles. The molecule has 41 heavy (non-hydrogen) atoms. The van der Waals surface area contributed by atoms with Crippen LogP contribution in [0.5, 0.6) is 0 Å². The lowest BCUT2D eigenvalue weighted by atomic mass is 9.90. The van der Waals surface area contributed by atoms with E-state index < -0.39 is 39.7 Å². The Bertz CT molecular complexity index is 826. The molecule has 0 rings (SSSR count). The molecule has 0 aliphatic heterocycles. The third-order valence-electron chi connectivity index (χ3n) is 4.36. The Morgan fingerprint density at radius 3 is 1.15 bits per heavy atom. The minimum Gasteiger partial charge on any atom is -0.448 e. The Labute approximate surface area is 295 Å². The number of hydrogen-bond acceptors (Lipinski definition) is 18. The van der Waals surface area contributed by atoms with Crippen LogP contribution in [0.2, 0.25) is 0 Å². The first-order chi connectivity index (χ1) is 18.9. The molecule has 4 unspecified atom stereocenters. The van der Waals surface area contributed by atoms with Gasteiger partial charge in [-0.05, 0) is 54.0 Å². The van der Waals surface area contributed by atoms with Crippen molar-refractivity contribution >= 4 is 158 Å². The lowest BCUT2D eigenvalue weighted by Crippen LogP contribution is -2.57. The summed E-state index contributed by atoms with van der Waals surface area (Å²) in [5, 5.41) is 44.9. The molecule has 0 saturated carbocycles. The summed E-state index contributed by atoms with van der Waals surface area (Å²) < 4.78 is 7.26. The van der Waals surface area contributed by atoms with Gasteiger partial charge >= 0.3 is 5.97 Å². The minimum atomic E-state index is -2.01. The first kappa shape index (κ1) is 42.7.